The summed E-state index contributed by atoms with van der Waals surface area (Å²) in [6, 6.07) is 13.7. The van der Waals surface area contributed by atoms with Gasteiger partial charge in [0.25, 0.3) is 11.7 Å². The lowest BCUT2D eigenvalue weighted by molar-refractivity contribution is -0.132. The SMILES string of the molecule is COc1cccc(/C(O)=C2\C(=O)C(=O)N(c3ccc(F)cc3)C2c2cc(OC)c(OC)c(OC)c2)c1. The molecular formula is C27H24FNO7. The molecule has 36 heavy (non-hydrogen) atoms. The van der Waals surface area contributed by atoms with E-state index in [-0.39, 0.29) is 28.3 Å². The molecule has 0 aliphatic carbocycles. The van der Waals surface area contributed by atoms with Gasteiger partial charge in [-0.2, -0.15) is 0 Å². The highest BCUT2D eigenvalue weighted by atomic mass is 19.1. The van der Waals surface area contributed by atoms with Gasteiger partial charge < -0.3 is 24.1 Å². The third-order valence-electron chi connectivity index (χ3n) is 5.90. The first kappa shape index (κ1) is 24.6. The number of hydrogen-bond acceptors (Lipinski definition) is 7. The molecular weight excluding hydrogens is 469 g/mol. The molecule has 1 saturated heterocycles. The zero-order valence-corrected chi connectivity index (χ0v) is 20.1. The number of carbonyl (C=O) groups excluding carboxylic acids is 2. The zero-order chi connectivity index (χ0) is 26.0. The molecule has 0 aromatic heterocycles. The topological polar surface area (TPSA) is 94.5 Å². The predicted octanol–water partition coefficient (Wildman–Crippen LogP) is 4.49. The fourth-order valence-electron chi connectivity index (χ4n) is 4.20. The van der Waals surface area contributed by atoms with E-state index < -0.39 is 29.3 Å². The van der Waals surface area contributed by atoms with Crippen LogP contribution in [0.4, 0.5) is 10.1 Å². The Morgan fingerprint density at radius 1 is 0.861 bits per heavy atom. The summed E-state index contributed by atoms with van der Waals surface area (Å²) in [6.07, 6.45) is 0. The van der Waals surface area contributed by atoms with Crippen molar-refractivity contribution in [2.45, 2.75) is 6.04 Å². The van der Waals surface area contributed by atoms with Gasteiger partial charge in [0.15, 0.2) is 11.5 Å². The lowest BCUT2D eigenvalue weighted by atomic mass is 9.94. The Kier molecular flexibility index (Phi) is 6.82. The van der Waals surface area contributed by atoms with Crippen molar-refractivity contribution in [3.63, 3.8) is 0 Å². The number of aliphatic hydroxyl groups excluding tert-OH is 1. The summed E-state index contributed by atoms with van der Waals surface area (Å²) >= 11 is 0. The summed E-state index contributed by atoms with van der Waals surface area (Å²) in [5.74, 6) is -1.34. The lowest BCUT2D eigenvalue weighted by Gasteiger charge is -2.26. The van der Waals surface area contributed by atoms with Gasteiger partial charge in [0.1, 0.15) is 17.3 Å². The van der Waals surface area contributed by atoms with Crippen molar-refractivity contribution in [2.24, 2.45) is 0 Å². The van der Waals surface area contributed by atoms with Crippen LogP contribution in [0.5, 0.6) is 23.0 Å². The van der Waals surface area contributed by atoms with E-state index >= 15 is 0 Å². The number of halogens is 1. The quantitative estimate of drug-likeness (QED) is 0.295. The minimum Gasteiger partial charge on any atom is -0.507 e. The first-order chi connectivity index (χ1) is 17.3. The first-order valence-electron chi connectivity index (χ1n) is 10.9. The Labute approximate surface area is 207 Å². The van der Waals surface area contributed by atoms with Crippen LogP contribution in [-0.2, 0) is 9.59 Å². The van der Waals surface area contributed by atoms with Gasteiger partial charge in [0, 0.05) is 11.3 Å². The molecule has 9 heteroatoms. The molecule has 1 fully saturated rings. The summed E-state index contributed by atoms with van der Waals surface area (Å²) in [5, 5.41) is 11.3. The number of ether oxygens (including phenoxy) is 4. The summed E-state index contributed by atoms with van der Waals surface area (Å²) in [7, 11) is 5.80. The number of rotatable bonds is 7. The Morgan fingerprint density at radius 2 is 1.50 bits per heavy atom. The Morgan fingerprint density at radius 3 is 2.06 bits per heavy atom. The maximum Gasteiger partial charge on any atom is 0.300 e. The Hall–Kier alpha value is -4.53. The number of anilines is 1. The first-order valence-corrected chi connectivity index (χ1v) is 10.9. The average Bonchev–Trinajstić information content (AvgIpc) is 3.17. The van der Waals surface area contributed by atoms with Crippen LogP contribution in [0.1, 0.15) is 17.2 Å². The smallest absolute Gasteiger partial charge is 0.300 e. The molecule has 3 aromatic rings. The van der Waals surface area contributed by atoms with Crippen molar-refractivity contribution >= 4 is 23.1 Å². The van der Waals surface area contributed by atoms with Gasteiger partial charge in [0.2, 0.25) is 5.75 Å². The molecule has 3 aromatic carbocycles. The normalized spacial score (nSPS) is 16.7. The molecule has 1 aliphatic rings. The van der Waals surface area contributed by atoms with Crippen LogP contribution in [-0.4, -0.2) is 45.2 Å². The molecule has 186 valence electrons. The summed E-state index contributed by atoms with van der Waals surface area (Å²) < 4.78 is 35.2. The standard InChI is InChI=1S/C27H24FNO7/c1-33-19-7-5-6-15(12-19)24(30)22-23(16-13-20(34-2)26(36-4)21(14-16)35-3)29(27(32)25(22)31)18-10-8-17(28)9-11-18/h5-14,23,30H,1-4H3/b24-22+. The van der Waals surface area contributed by atoms with Crippen LogP contribution in [0.2, 0.25) is 0 Å². The molecule has 1 atom stereocenters. The predicted molar refractivity (Wildman–Crippen MR) is 130 cm³/mol. The van der Waals surface area contributed by atoms with Gasteiger partial charge >= 0.3 is 0 Å². The van der Waals surface area contributed by atoms with Crippen LogP contribution in [0, 0.1) is 5.82 Å². The number of ketones is 1. The summed E-state index contributed by atoms with van der Waals surface area (Å²) in [5.41, 5.74) is 0.787. The monoisotopic (exact) mass is 493 g/mol. The molecule has 1 N–H and O–H groups in total. The molecule has 1 aliphatic heterocycles. The van der Waals surface area contributed by atoms with Crippen LogP contribution in [0.15, 0.2) is 66.2 Å². The molecule has 1 amide bonds. The van der Waals surface area contributed by atoms with Crippen LogP contribution in [0.3, 0.4) is 0 Å². The van der Waals surface area contributed by atoms with Crippen LogP contribution < -0.4 is 23.8 Å². The van der Waals surface area contributed by atoms with E-state index in [9.17, 15) is 19.1 Å². The van der Waals surface area contributed by atoms with Gasteiger partial charge in [-0.05, 0) is 54.1 Å². The highest BCUT2D eigenvalue weighted by Crippen LogP contribution is 2.47. The van der Waals surface area contributed by atoms with Gasteiger partial charge in [-0.1, -0.05) is 12.1 Å². The van der Waals surface area contributed by atoms with E-state index in [0.717, 1.165) is 0 Å². The molecule has 0 radical (unpaired) electrons. The summed E-state index contributed by atoms with van der Waals surface area (Å²) in [4.78, 5) is 27.8. The molecule has 0 saturated carbocycles. The second-order valence-electron chi connectivity index (χ2n) is 7.84. The largest absolute Gasteiger partial charge is 0.507 e. The third-order valence-corrected chi connectivity index (χ3v) is 5.90. The Balaban J connectivity index is 2.01. The minimum absolute atomic E-state index is 0.160. The number of carbonyl (C=O) groups is 2. The van der Waals surface area contributed by atoms with Gasteiger partial charge in [-0.3, -0.25) is 14.5 Å². The van der Waals surface area contributed by atoms with Crippen molar-refractivity contribution in [1.29, 1.82) is 0 Å². The molecule has 0 bridgehead atoms. The molecule has 1 unspecified atom stereocenters. The number of hydrogen-bond donors (Lipinski definition) is 1. The van der Waals surface area contributed by atoms with Crippen molar-refractivity contribution < 1.29 is 38.0 Å². The summed E-state index contributed by atoms with van der Waals surface area (Å²) in [6.45, 7) is 0. The van der Waals surface area contributed by atoms with Crippen molar-refractivity contribution in [1.82, 2.24) is 0 Å². The van der Waals surface area contributed by atoms with Crippen molar-refractivity contribution in [3.8, 4) is 23.0 Å². The highest BCUT2D eigenvalue weighted by Gasteiger charge is 2.47. The van der Waals surface area contributed by atoms with Crippen LogP contribution >= 0.6 is 0 Å². The third kappa shape index (κ3) is 4.19. The van der Waals surface area contributed by atoms with Gasteiger partial charge in [0.05, 0.1) is 40.1 Å². The van der Waals surface area contributed by atoms with Gasteiger partial charge in [-0.15, -0.1) is 0 Å². The maximum absolute atomic E-state index is 13.7. The lowest BCUT2D eigenvalue weighted by Crippen LogP contribution is -2.29. The minimum atomic E-state index is -1.09. The molecule has 8 nitrogen and oxygen atoms in total. The number of benzene rings is 3. The molecule has 1 heterocycles. The van der Waals surface area contributed by atoms with E-state index in [1.807, 2.05) is 0 Å². The van der Waals surface area contributed by atoms with Crippen LogP contribution in [0.25, 0.3) is 5.76 Å². The fourth-order valence-corrected chi connectivity index (χ4v) is 4.20. The van der Waals surface area contributed by atoms with E-state index in [1.54, 1.807) is 36.4 Å². The fraction of sp³-hybridized carbons (Fsp3) is 0.185. The number of amides is 1. The van der Waals surface area contributed by atoms with Crippen molar-refractivity contribution in [2.75, 3.05) is 33.3 Å². The second-order valence-corrected chi connectivity index (χ2v) is 7.84. The van der Waals surface area contributed by atoms with Gasteiger partial charge in [-0.25, -0.2) is 4.39 Å². The van der Waals surface area contributed by atoms with E-state index in [4.69, 9.17) is 18.9 Å². The molecule has 0 spiro atoms. The number of aliphatic hydroxyl groups is 1. The van der Waals surface area contributed by atoms with Crippen molar-refractivity contribution in [3.05, 3.63) is 83.2 Å². The molecule has 4 rings (SSSR count). The Bertz CT molecular complexity index is 1330. The van der Waals surface area contributed by atoms with E-state index in [1.165, 1.54) is 57.6 Å². The van der Waals surface area contributed by atoms with E-state index in [0.29, 0.717) is 17.1 Å². The number of nitrogens with zero attached hydrogens (tertiary/aromatic N) is 1. The highest BCUT2D eigenvalue weighted by molar-refractivity contribution is 6.51. The average molecular weight is 493 g/mol. The maximum atomic E-state index is 13.7. The zero-order valence-electron chi connectivity index (χ0n) is 20.1. The van der Waals surface area contributed by atoms with E-state index in [2.05, 4.69) is 0 Å². The second kappa shape index (κ2) is 9.99. The number of methoxy groups -OCH3 is 4. The number of Topliss-reactive ketones (excluding diaryl/α,β-unsaturated/α-hetero) is 1.